The smallest absolute Gasteiger partial charge is 0.390 e. The maximum Gasteiger partial charge on any atom is 0.437 e. The summed E-state index contributed by atoms with van der Waals surface area (Å²) in [6.07, 6.45) is 3.69. The van der Waals surface area contributed by atoms with Gasteiger partial charge in [0.25, 0.3) is 11.2 Å². The third-order valence-electron chi connectivity index (χ3n) is 3.39. The summed E-state index contributed by atoms with van der Waals surface area (Å²) in [5.41, 5.74) is -1.19. The van der Waals surface area contributed by atoms with E-state index in [4.69, 9.17) is 0 Å². The van der Waals surface area contributed by atoms with Gasteiger partial charge in [-0.25, -0.2) is 9.36 Å². The highest BCUT2D eigenvalue weighted by atomic mass is 16.6. The molecule has 2 aromatic rings. The minimum Gasteiger partial charge on any atom is -0.390 e. The first-order valence-electron chi connectivity index (χ1n) is 6.81. The topological polar surface area (TPSA) is 116 Å². The molecule has 0 atom stereocenters. The molecule has 9 nitrogen and oxygen atoms in total. The Hall–Kier alpha value is -2.45. The largest absolute Gasteiger partial charge is 0.437 e. The fourth-order valence-electron chi connectivity index (χ4n) is 2.27. The molecule has 0 saturated heterocycles. The van der Waals surface area contributed by atoms with Gasteiger partial charge in [0.1, 0.15) is 0 Å². The van der Waals surface area contributed by atoms with Gasteiger partial charge >= 0.3 is 11.6 Å². The van der Waals surface area contributed by atoms with Crippen LogP contribution in [0.2, 0.25) is 0 Å². The van der Waals surface area contributed by atoms with E-state index in [2.05, 4.69) is 16.9 Å². The fourth-order valence-corrected chi connectivity index (χ4v) is 2.27. The molecule has 0 radical (unpaired) electrons. The minimum absolute atomic E-state index is 0.0333. The van der Waals surface area contributed by atoms with E-state index in [0.717, 1.165) is 23.8 Å². The Kier molecular flexibility index (Phi) is 4.20. The molecule has 0 amide bonds. The van der Waals surface area contributed by atoms with E-state index in [9.17, 15) is 19.7 Å². The highest BCUT2D eigenvalue weighted by molar-refractivity contribution is 5.72. The van der Waals surface area contributed by atoms with Gasteiger partial charge in [0.15, 0.2) is 0 Å². The van der Waals surface area contributed by atoms with Gasteiger partial charge in [0, 0.05) is 7.05 Å². The average Bonchev–Trinajstić information content (AvgIpc) is 2.81. The minimum atomic E-state index is -0.649. The monoisotopic (exact) mass is 295 g/mol. The molecule has 1 N–H and O–H groups in total. The standard InChI is InChI=1S/C12H17N5O4/c1-3-4-5-6-7-16-8-9(13-11(16)17(20)21)15(2)12(19)14-10(8)18/h3-7H2,1-2H3,(H,14,18,19). The maximum absolute atomic E-state index is 11.9. The summed E-state index contributed by atoms with van der Waals surface area (Å²) in [5, 5.41) is 11.1. The summed E-state index contributed by atoms with van der Waals surface area (Å²) in [5.74, 6) is -0.409. The Morgan fingerprint density at radius 2 is 2.00 bits per heavy atom. The lowest BCUT2D eigenvalue weighted by atomic mass is 10.2. The van der Waals surface area contributed by atoms with Crippen molar-refractivity contribution in [1.29, 1.82) is 0 Å². The number of H-pyrrole nitrogens is 1. The predicted molar refractivity (Wildman–Crippen MR) is 76.4 cm³/mol. The van der Waals surface area contributed by atoms with Crippen LogP contribution in [0.25, 0.3) is 11.2 Å². The Bertz CT molecular complexity index is 785. The van der Waals surface area contributed by atoms with Crippen LogP contribution in [0.3, 0.4) is 0 Å². The van der Waals surface area contributed by atoms with Crippen molar-refractivity contribution in [3.8, 4) is 0 Å². The molecule has 0 spiro atoms. The van der Waals surface area contributed by atoms with E-state index in [1.165, 1.54) is 11.6 Å². The Labute approximate surface area is 119 Å². The molecule has 0 fully saturated rings. The summed E-state index contributed by atoms with van der Waals surface area (Å²) in [6, 6.07) is 0. The molecule has 0 aliphatic heterocycles. The van der Waals surface area contributed by atoms with Crippen LogP contribution < -0.4 is 11.2 Å². The Morgan fingerprint density at radius 3 is 2.62 bits per heavy atom. The number of unbranched alkanes of at least 4 members (excludes halogenated alkanes) is 3. The van der Waals surface area contributed by atoms with Crippen LogP contribution in [-0.4, -0.2) is 24.0 Å². The molecule has 0 aliphatic rings. The van der Waals surface area contributed by atoms with Gasteiger partial charge in [-0.15, -0.1) is 0 Å². The number of hydrogen-bond donors (Lipinski definition) is 1. The van der Waals surface area contributed by atoms with Gasteiger partial charge < -0.3 is 10.1 Å². The molecule has 0 saturated carbocycles. The number of aromatic nitrogens is 4. The van der Waals surface area contributed by atoms with Gasteiger partial charge in [-0.1, -0.05) is 26.2 Å². The van der Waals surface area contributed by atoms with Crippen molar-refractivity contribution in [2.75, 3.05) is 0 Å². The third-order valence-corrected chi connectivity index (χ3v) is 3.39. The van der Waals surface area contributed by atoms with Crippen molar-refractivity contribution in [3.05, 3.63) is 31.0 Å². The van der Waals surface area contributed by atoms with Crippen molar-refractivity contribution >= 4 is 17.1 Å². The van der Waals surface area contributed by atoms with E-state index in [-0.39, 0.29) is 11.2 Å². The van der Waals surface area contributed by atoms with E-state index in [1.807, 2.05) is 0 Å². The lowest BCUT2D eigenvalue weighted by molar-refractivity contribution is -0.396. The normalized spacial score (nSPS) is 11.1. The van der Waals surface area contributed by atoms with Gasteiger partial charge in [0.05, 0.1) is 6.54 Å². The number of hydrogen-bond acceptors (Lipinski definition) is 5. The number of nitro groups is 1. The number of aryl methyl sites for hydroxylation is 2. The molecule has 2 heterocycles. The summed E-state index contributed by atoms with van der Waals surface area (Å²) >= 11 is 0. The fraction of sp³-hybridized carbons (Fsp3) is 0.583. The molecule has 0 aliphatic carbocycles. The summed E-state index contributed by atoms with van der Waals surface area (Å²) in [6.45, 7) is 2.39. The molecule has 0 unspecified atom stereocenters. The lowest BCUT2D eigenvalue weighted by Gasteiger charge is -2.02. The number of rotatable bonds is 6. The molecule has 0 aromatic carbocycles. The summed E-state index contributed by atoms with van der Waals surface area (Å²) in [4.78, 5) is 39.9. The molecule has 0 bridgehead atoms. The van der Waals surface area contributed by atoms with Crippen LogP contribution in [0.5, 0.6) is 0 Å². The number of imidazole rings is 1. The zero-order chi connectivity index (χ0) is 15.6. The van der Waals surface area contributed by atoms with E-state index in [0.29, 0.717) is 13.0 Å². The van der Waals surface area contributed by atoms with Crippen LogP contribution in [0.4, 0.5) is 5.95 Å². The van der Waals surface area contributed by atoms with E-state index >= 15 is 0 Å². The van der Waals surface area contributed by atoms with E-state index in [1.54, 1.807) is 0 Å². The molecule has 2 aromatic heterocycles. The second kappa shape index (κ2) is 5.90. The SMILES string of the molecule is CCCCCCn1c([N+](=O)[O-])nc2c1c(=O)[nH]c(=O)n2C. The van der Waals surface area contributed by atoms with Crippen LogP contribution in [0, 0.1) is 10.1 Å². The number of fused-ring (bicyclic) bond motifs is 1. The average molecular weight is 295 g/mol. The second-order valence-corrected chi connectivity index (χ2v) is 4.87. The summed E-state index contributed by atoms with van der Waals surface area (Å²) < 4.78 is 2.38. The van der Waals surface area contributed by atoms with Crippen LogP contribution in [-0.2, 0) is 13.6 Å². The van der Waals surface area contributed by atoms with Crippen LogP contribution in [0.15, 0.2) is 9.59 Å². The lowest BCUT2D eigenvalue weighted by Crippen LogP contribution is -2.29. The highest BCUT2D eigenvalue weighted by Gasteiger charge is 2.26. The zero-order valence-electron chi connectivity index (χ0n) is 12.0. The molecule has 21 heavy (non-hydrogen) atoms. The van der Waals surface area contributed by atoms with Gasteiger partial charge in [-0.2, -0.15) is 0 Å². The molecule has 9 heteroatoms. The van der Waals surface area contributed by atoms with Crippen molar-refractivity contribution in [2.24, 2.45) is 7.05 Å². The van der Waals surface area contributed by atoms with Gasteiger partial charge in [-0.3, -0.25) is 14.3 Å². The first-order chi connectivity index (χ1) is 9.97. The molecule has 114 valence electrons. The first-order valence-corrected chi connectivity index (χ1v) is 6.81. The van der Waals surface area contributed by atoms with Crippen molar-refractivity contribution in [2.45, 2.75) is 39.2 Å². The van der Waals surface area contributed by atoms with Crippen molar-refractivity contribution < 1.29 is 4.92 Å². The molecule has 2 rings (SSSR count). The zero-order valence-corrected chi connectivity index (χ0v) is 12.0. The summed E-state index contributed by atoms with van der Waals surface area (Å²) in [7, 11) is 1.42. The molecular weight excluding hydrogens is 278 g/mol. The van der Waals surface area contributed by atoms with Crippen molar-refractivity contribution in [3.63, 3.8) is 0 Å². The number of nitrogens with zero attached hydrogens (tertiary/aromatic N) is 4. The van der Waals surface area contributed by atoms with Crippen LogP contribution >= 0.6 is 0 Å². The maximum atomic E-state index is 11.9. The number of aromatic amines is 1. The number of nitrogens with one attached hydrogen (secondary N) is 1. The van der Waals surface area contributed by atoms with Crippen molar-refractivity contribution in [1.82, 2.24) is 19.1 Å². The van der Waals surface area contributed by atoms with Crippen LogP contribution in [0.1, 0.15) is 32.6 Å². The van der Waals surface area contributed by atoms with E-state index < -0.39 is 22.1 Å². The van der Waals surface area contributed by atoms with Gasteiger partial charge in [-0.05, 0) is 16.3 Å². The molecular formula is C12H17N5O4. The Balaban J connectivity index is 2.58. The second-order valence-electron chi connectivity index (χ2n) is 4.87. The Morgan fingerprint density at radius 1 is 1.29 bits per heavy atom. The quantitative estimate of drug-likeness (QED) is 0.483. The first kappa shape index (κ1) is 14.9. The van der Waals surface area contributed by atoms with Gasteiger partial charge in [0.2, 0.25) is 5.52 Å². The highest BCUT2D eigenvalue weighted by Crippen LogP contribution is 2.18. The third kappa shape index (κ3) is 2.71. The predicted octanol–water partition coefficient (Wildman–Crippen LogP) is 0.912.